The predicted molar refractivity (Wildman–Crippen MR) is 59.3 cm³/mol. The number of nitrogens with one attached hydrogen (secondary N) is 2. The summed E-state index contributed by atoms with van der Waals surface area (Å²) in [5, 5.41) is 15.3. The van der Waals surface area contributed by atoms with E-state index in [1.807, 2.05) is 0 Å². The molecule has 1 aromatic heterocycles. The molecule has 9 nitrogen and oxygen atoms in total. The highest BCUT2D eigenvalue weighted by atomic mass is 19.1. The van der Waals surface area contributed by atoms with E-state index in [0.717, 1.165) is 6.21 Å². The van der Waals surface area contributed by atoms with Gasteiger partial charge in [-0.1, -0.05) is 5.16 Å². The average Bonchev–Trinajstić information content (AvgIpc) is 2.87. The summed E-state index contributed by atoms with van der Waals surface area (Å²) in [6.07, 6.45) is 0.252. The van der Waals surface area contributed by atoms with Crippen molar-refractivity contribution < 1.29 is 33.1 Å². The number of amides is 3. The van der Waals surface area contributed by atoms with Gasteiger partial charge in [0.1, 0.15) is 12.0 Å². The molecule has 2 rings (SSSR count). The van der Waals surface area contributed by atoms with Crippen LogP contribution in [0.15, 0.2) is 28.0 Å². The minimum Gasteiger partial charge on any atom is -0.478 e. The minimum atomic E-state index is -3.49. The van der Waals surface area contributed by atoms with Crippen molar-refractivity contribution in [2.75, 3.05) is 0 Å². The molecule has 0 spiro atoms. The number of rotatable bonds is 4. The minimum absolute atomic E-state index is 0.247. The van der Waals surface area contributed by atoms with Crippen molar-refractivity contribution in [2.24, 2.45) is 5.16 Å². The lowest BCUT2D eigenvalue weighted by Gasteiger charge is -2.31. The van der Waals surface area contributed by atoms with E-state index in [1.54, 1.807) is 11.4 Å². The number of carbonyl (C=O) groups excluding carboxylic acids is 2. The lowest BCUT2D eigenvalue weighted by Crippen LogP contribution is -2.70. The first kappa shape index (κ1) is 13.5. The first-order valence-electron chi connectivity index (χ1n) is 5.21. The Kier molecular flexibility index (Phi) is 3.37. The van der Waals surface area contributed by atoms with Crippen LogP contribution in [-0.4, -0.2) is 41.1 Å². The topological polar surface area (TPSA) is 130 Å². The van der Waals surface area contributed by atoms with Crippen LogP contribution in [0.25, 0.3) is 0 Å². The fourth-order valence-electron chi connectivity index (χ4n) is 1.38. The number of urea groups is 1. The van der Waals surface area contributed by atoms with Crippen molar-refractivity contribution in [1.29, 1.82) is 0 Å². The van der Waals surface area contributed by atoms with E-state index in [-0.39, 0.29) is 5.76 Å². The number of aliphatic carboxylic acids is 1. The van der Waals surface area contributed by atoms with Gasteiger partial charge in [0.15, 0.2) is 0 Å². The first-order valence-corrected chi connectivity index (χ1v) is 5.21. The van der Waals surface area contributed by atoms with Gasteiger partial charge in [0.2, 0.25) is 0 Å². The van der Waals surface area contributed by atoms with Crippen molar-refractivity contribution in [2.45, 2.75) is 11.9 Å². The molecule has 0 saturated carbocycles. The van der Waals surface area contributed by atoms with Gasteiger partial charge in [0.05, 0.1) is 6.26 Å². The number of alkyl halides is 1. The number of carboxylic acid groups (broad SMARTS) is 1. The van der Waals surface area contributed by atoms with Gasteiger partial charge in [0.25, 0.3) is 12.1 Å². The molecule has 1 saturated heterocycles. The van der Waals surface area contributed by atoms with Gasteiger partial charge in [-0.2, -0.15) is 0 Å². The van der Waals surface area contributed by atoms with Crippen LogP contribution in [0.3, 0.4) is 0 Å². The summed E-state index contributed by atoms with van der Waals surface area (Å²) in [7, 11) is 0. The van der Waals surface area contributed by atoms with Crippen LogP contribution < -0.4 is 10.6 Å². The number of nitrogens with zero attached hydrogens (tertiary/aromatic N) is 1. The van der Waals surface area contributed by atoms with E-state index in [4.69, 9.17) is 9.52 Å². The molecule has 1 aliphatic rings. The van der Waals surface area contributed by atoms with E-state index < -0.39 is 29.8 Å². The molecule has 2 atom stereocenters. The smallest absolute Gasteiger partial charge is 0.357 e. The molecule has 2 unspecified atom stereocenters. The summed E-state index contributed by atoms with van der Waals surface area (Å²) in [4.78, 5) is 37.7. The van der Waals surface area contributed by atoms with Crippen LogP contribution in [0.5, 0.6) is 0 Å². The van der Waals surface area contributed by atoms with Crippen LogP contribution in [-0.2, 0) is 14.4 Å². The monoisotopic (exact) mass is 285 g/mol. The van der Waals surface area contributed by atoms with Crippen LogP contribution in [0.1, 0.15) is 5.76 Å². The Balaban J connectivity index is 2.15. The third-order valence-electron chi connectivity index (χ3n) is 2.38. The fourth-order valence-corrected chi connectivity index (χ4v) is 1.38. The molecule has 0 aromatic carbocycles. The molecule has 1 aliphatic heterocycles. The van der Waals surface area contributed by atoms with E-state index in [9.17, 15) is 18.8 Å². The summed E-state index contributed by atoms with van der Waals surface area (Å²) in [6, 6.07) is 1.95. The summed E-state index contributed by atoms with van der Waals surface area (Å²) in [6.45, 7) is 0. The second kappa shape index (κ2) is 4.99. The Hall–Kier alpha value is -2.91. The van der Waals surface area contributed by atoms with Crippen LogP contribution in [0.4, 0.5) is 9.18 Å². The normalized spacial score (nSPS) is 26.1. The molecular formula is C10H8FN3O6. The molecule has 3 N–H and O–H groups in total. The van der Waals surface area contributed by atoms with Crippen molar-refractivity contribution >= 4 is 24.1 Å². The van der Waals surface area contributed by atoms with Gasteiger partial charge in [-0.3, -0.25) is 15.4 Å². The Bertz CT molecular complexity index is 572. The van der Waals surface area contributed by atoms with Crippen molar-refractivity contribution in [3.63, 3.8) is 0 Å². The number of hydrogen-bond donors (Lipinski definition) is 3. The summed E-state index contributed by atoms with van der Waals surface area (Å²) < 4.78 is 19.0. The number of oxime groups is 1. The number of hydrogen-bond acceptors (Lipinski definition) is 6. The molecule has 1 fully saturated rings. The Labute approximate surface area is 110 Å². The maximum Gasteiger partial charge on any atom is 0.357 e. The van der Waals surface area contributed by atoms with Crippen molar-refractivity contribution in [3.05, 3.63) is 24.2 Å². The van der Waals surface area contributed by atoms with Crippen molar-refractivity contribution in [3.8, 4) is 0 Å². The Morgan fingerprint density at radius 1 is 1.60 bits per heavy atom. The third kappa shape index (κ3) is 2.30. The molecule has 20 heavy (non-hydrogen) atoms. The zero-order valence-corrected chi connectivity index (χ0v) is 9.70. The lowest BCUT2D eigenvalue weighted by molar-refractivity contribution is -0.174. The van der Waals surface area contributed by atoms with Gasteiger partial charge in [-0.25, -0.2) is 14.0 Å². The lowest BCUT2D eigenvalue weighted by atomic mass is 10.0. The summed E-state index contributed by atoms with van der Waals surface area (Å²) in [5.41, 5.74) is -3.49. The first-order chi connectivity index (χ1) is 9.44. The molecule has 0 bridgehead atoms. The largest absolute Gasteiger partial charge is 0.478 e. The number of imide groups is 1. The van der Waals surface area contributed by atoms with Crippen LogP contribution >= 0.6 is 0 Å². The highest BCUT2D eigenvalue weighted by Crippen LogP contribution is 2.21. The second-order valence-electron chi connectivity index (χ2n) is 3.68. The quantitative estimate of drug-likeness (QED) is 0.391. The highest BCUT2D eigenvalue weighted by molar-refractivity contribution is 6.13. The number of halogens is 1. The van der Waals surface area contributed by atoms with Gasteiger partial charge in [-0.15, -0.1) is 0 Å². The number of carboxylic acids is 1. The maximum atomic E-state index is 14.1. The van der Waals surface area contributed by atoms with Crippen LogP contribution in [0.2, 0.25) is 0 Å². The predicted octanol–water partition coefficient (Wildman–Crippen LogP) is -0.412. The molecule has 1 aromatic rings. The van der Waals surface area contributed by atoms with Crippen LogP contribution in [0, 0.1) is 0 Å². The van der Waals surface area contributed by atoms with Crippen molar-refractivity contribution in [1.82, 2.24) is 10.6 Å². The standard InChI is InChI=1S/C10H8FN3O6/c11-10(8(16)17)6(15)13-9(18)14-7(10)20-12-4-5-2-1-3-19-5/h1-4,7H,(H,16,17)(H2,13,14,15,18)/b12-4+. The van der Waals surface area contributed by atoms with Gasteiger partial charge in [-0.05, 0) is 12.1 Å². The molecule has 10 heteroatoms. The van der Waals surface area contributed by atoms with E-state index in [0.29, 0.717) is 0 Å². The number of carbonyl (C=O) groups is 3. The molecule has 0 radical (unpaired) electrons. The summed E-state index contributed by atoms with van der Waals surface area (Å²) in [5.74, 6) is -3.52. The molecule has 3 amide bonds. The number of furan rings is 1. The zero-order chi connectivity index (χ0) is 14.8. The zero-order valence-electron chi connectivity index (χ0n) is 9.70. The van der Waals surface area contributed by atoms with Gasteiger partial charge >= 0.3 is 17.7 Å². The molecular weight excluding hydrogens is 277 g/mol. The van der Waals surface area contributed by atoms with Gasteiger partial charge < -0.3 is 14.4 Å². The van der Waals surface area contributed by atoms with E-state index in [1.165, 1.54) is 17.6 Å². The molecule has 106 valence electrons. The Morgan fingerprint density at radius 2 is 2.35 bits per heavy atom. The average molecular weight is 285 g/mol. The fraction of sp³-hybridized carbons (Fsp3) is 0.200. The summed E-state index contributed by atoms with van der Waals surface area (Å²) >= 11 is 0. The molecule has 2 heterocycles. The SMILES string of the molecule is O=C1NC(=O)C(F)(C(=O)O)C(O/N=C/c2ccco2)N1. The highest BCUT2D eigenvalue weighted by Gasteiger charge is 2.60. The third-order valence-corrected chi connectivity index (χ3v) is 2.38. The second-order valence-corrected chi connectivity index (χ2v) is 3.68. The molecule has 0 aliphatic carbocycles. The van der Waals surface area contributed by atoms with E-state index >= 15 is 0 Å². The van der Waals surface area contributed by atoms with E-state index in [2.05, 4.69) is 9.99 Å². The van der Waals surface area contributed by atoms with Gasteiger partial charge in [0, 0.05) is 0 Å². The Morgan fingerprint density at radius 3 is 2.95 bits per heavy atom. The maximum absolute atomic E-state index is 14.1.